The number of hydrogen-bond acceptors (Lipinski definition) is 4. The van der Waals surface area contributed by atoms with Crippen molar-refractivity contribution in [3.63, 3.8) is 0 Å². The summed E-state index contributed by atoms with van der Waals surface area (Å²) in [5.41, 5.74) is 0.658. The Morgan fingerprint density at radius 2 is 1.88 bits per heavy atom. The number of ether oxygens (including phenoxy) is 1. The first-order chi connectivity index (χ1) is 12.4. The van der Waals surface area contributed by atoms with E-state index in [1.807, 2.05) is 0 Å². The molecule has 0 aliphatic carbocycles. The van der Waals surface area contributed by atoms with Crippen LogP contribution in [-0.4, -0.2) is 38.8 Å². The zero-order chi connectivity index (χ0) is 18.7. The van der Waals surface area contributed by atoms with Gasteiger partial charge in [0.1, 0.15) is 5.75 Å². The van der Waals surface area contributed by atoms with E-state index >= 15 is 0 Å². The summed E-state index contributed by atoms with van der Waals surface area (Å²) in [6.07, 6.45) is 1.73. The van der Waals surface area contributed by atoms with Gasteiger partial charge >= 0.3 is 0 Å². The van der Waals surface area contributed by atoms with Gasteiger partial charge in [-0.3, -0.25) is 4.79 Å². The topological polar surface area (TPSA) is 75.7 Å². The minimum absolute atomic E-state index is 0.162. The van der Waals surface area contributed by atoms with Crippen molar-refractivity contribution >= 4 is 33.2 Å². The van der Waals surface area contributed by atoms with E-state index in [4.69, 9.17) is 16.3 Å². The Labute approximate surface area is 157 Å². The van der Waals surface area contributed by atoms with Crippen molar-refractivity contribution in [1.29, 1.82) is 0 Å². The molecule has 26 heavy (non-hydrogen) atoms. The highest BCUT2D eigenvalue weighted by Crippen LogP contribution is 2.26. The molecule has 0 radical (unpaired) electrons. The number of rotatable bonds is 5. The third-order valence-electron chi connectivity index (χ3n) is 4.20. The number of anilines is 1. The van der Waals surface area contributed by atoms with Crippen LogP contribution in [0.4, 0.5) is 5.69 Å². The van der Waals surface area contributed by atoms with E-state index in [9.17, 15) is 13.2 Å². The molecular formula is C18H19ClN2O4S. The zero-order valence-electron chi connectivity index (χ0n) is 14.2. The van der Waals surface area contributed by atoms with Crippen molar-refractivity contribution in [2.24, 2.45) is 0 Å². The van der Waals surface area contributed by atoms with Crippen molar-refractivity contribution in [1.82, 2.24) is 4.31 Å². The SMILES string of the molecule is COc1ccc(Cl)cc1C(=O)Nc1cccc(S(=O)(=O)N2CCCC2)c1. The summed E-state index contributed by atoms with van der Waals surface area (Å²) in [7, 11) is -2.08. The third kappa shape index (κ3) is 3.85. The Kier molecular flexibility index (Phi) is 5.50. The third-order valence-corrected chi connectivity index (χ3v) is 6.33. The summed E-state index contributed by atoms with van der Waals surface area (Å²) < 4.78 is 32.0. The molecule has 2 aromatic carbocycles. The molecule has 1 aliphatic heterocycles. The summed E-state index contributed by atoms with van der Waals surface area (Å²) >= 11 is 5.96. The van der Waals surface area contributed by atoms with Crippen LogP contribution in [0.2, 0.25) is 5.02 Å². The molecule has 0 aromatic heterocycles. The quantitative estimate of drug-likeness (QED) is 0.843. The lowest BCUT2D eigenvalue weighted by Gasteiger charge is -2.16. The normalized spacial score (nSPS) is 15.0. The Morgan fingerprint density at radius 3 is 2.58 bits per heavy atom. The number of halogens is 1. The summed E-state index contributed by atoms with van der Waals surface area (Å²) in [5.74, 6) is -0.0483. The predicted molar refractivity (Wildman–Crippen MR) is 100 cm³/mol. The van der Waals surface area contributed by atoms with Gasteiger partial charge in [-0.05, 0) is 49.2 Å². The van der Waals surface area contributed by atoms with E-state index in [2.05, 4.69) is 5.32 Å². The minimum atomic E-state index is -3.54. The first-order valence-electron chi connectivity index (χ1n) is 8.17. The first kappa shape index (κ1) is 18.7. The minimum Gasteiger partial charge on any atom is -0.496 e. The number of sulfonamides is 1. The summed E-state index contributed by atoms with van der Waals surface area (Å²) in [4.78, 5) is 12.7. The monoisotopic (exact) mass is 394 g/mol. The highest BCUT2D eigenvalue weighted by molar-refractivity contribution is 7.89. The highest BCUT2D eigenvalue weighted by atomic mass is 35.5. The average molecular weight is 395 g/mol. The predicted octanol–water partition coefficient (Wildman–Crippen LogP) is 3.39. The van der Waals surface area contributed by atoms with Gasteiger partial charge in [-0.25, -0.2) is 8.42 Å². The Bertz CT molecular complexity index is 925. The second-order valence-electron chi connectivity index (χ2n) is 5.94. The molecule has 1 fully saturated rings. The number of amides is 1. The molecule has 0 saturated carbocycles. The Hall–Kier alpha value is -2.09. The van der Waals surface area contributed by atoms with Crippen molar-refractivity contribution in [2.75, 3.05) is 25.5 Å². The van der Waals surface area contributed by atoms with E-state index in [0.29, 0.717) is 29.5 Å². The fraction of sp³-hybridized carbons (Fsp3) is 0.278. The molecule has 1 saturated heterocycles. The highest BCUT2D eigenvalue weighted by Gasteiger charge is 2.27. The van der Waals surface area contributed by atoms with Gasteiger partial charge in [0, 0.05) is 23.8 Å². The second kappa shape index (κ2) is 7.65. The summed E-state index contributed by atoms with van der Waals surface area (Å²) in [5, 5.41) is 3.11. The molecule has 6 nitrogen and oxygen atoms in total. The van der Waals surface area contributed by atoms with Gasteiger partial charge in [0.15, 0.2) is 0 Å². The van der Waals surface area contributed by atoms with Crippen LogP contribution in [0.5, 0.6) is 5.75 Å². The molecule has 0 bridgehead atoms. The van der Waals surface area contributed by atoms with Crippen molar-refractivity contribution in [3.05, 3.63) is 53.1 Å². The summed E-state index contributed by atoms with van der Waals surface area (Å²) in [6.45, 7) is 1.05. The van der Waals surface area contributed by atoms with E-state index < -0.39 is 15.9 Å². The van der Waals surface area contributed by atoms with E-state index in [1.165, 1.54) is 29.6 Å². The van der Waals surface area contributed by atoms with Gasteiger partial charge < -0.3 is 10.1 Å². The van der Waals surface area contributed by atoms with Gasteiger partial charge in [-0.2, -0.15) is 4.31 Å². The van der Waals surface area contributed by atoms with Gasteiger partial charge in [0.2, 0.25) is 10.0 Å². The van der Waals surface area contributed by atoms with Crippen LogP contribution in [0.15, 0.2) is 47.4 Å². The molecule has 1 heterocycles. The molecule has 1 aliphatic rings. The Balaban J connectivity index is 1.85. The lowest BCUT2D eigenvalue weighted by atomic mass is 10.2. The van der Waals surface area contributed by atoms with E-state index in [0.717, 1.165) is 12.8 Å². The second-order valence-corrected chi connectivity index (χ2v) is 8.31. The molecule has 0 unspecified atom stereocenters. The fourth-order valence-electron chi connectivity index (χ4n) is 2.87. The molecule has 2 aromatic rings. The molecule has 0 spiro atoms. The van der Waals surface area contributed by atoms with Crippen LogP contribution in [0, 0.1) is 0 Å². The zero-order valence-corrected chi connectivity index (χ0v) is 15.8. The van der Waals surface area contributed by atoms with Crippen LogP contribution < -0.4 is 10.1 Å². The van der Waals surface area contributed by atoms with Gasteiger partial charge in [0.05, 0.1) is 17.6 Å². The number of carbonyl (C=O) groups is 1. The van der Waals surface area contributed by atoms with Crippen LogP contribution >= 0.6 is 11.6 Å². The van der Waals surface area contributed by atoms with Crippen molar-refractivity contribution in [3.8, 4) is 5.75 Å². The fourth-order valence-corrected chi connectivity index (χ4v) is 4.60. The van der Waals surface area contributed by atoms with Gasteiger partial charge in [-0.1, -0.05) is 17.7 Å². The lowest BCUT2D eigenvalue weighted by Crippen LogP contribution is -2.27. The van der Waals surface area contributed by atoms with Crippen molar-refractivity contribution < 1.29 is 17.9 Å². The lowest BCUT2D eigenvalue weighted by molar-refractivity contribution is 0.102. The molecule has 1 amide bonds. The number of hydrogen-bond donors (Lipinski definition) is 1. The summed E-state index contributed by atoms with van der Waals surface area (Å²) in [6, 6.07) is 11.0. The number of methoxy groups -OCH3 is 1. The van der Waals surface area contributed by atoms with Crippen LogP contribution in [-0.2, 0) is 10.0 Å². The standard InChI is InChI=1S/C18H19ClN2O4S/c1-25-17-8-7-13(19)11-16(17)18(22)20-14-5-4-6-15(12-14)26(23,24)21-9-2-3-10-21/h4-8,11-12H,2-3,9-10H2,1H3,(H,20,22). The molecular weight excluding hydrogens is 376 g/mol. The van der Waals surface area contributed by atoms with Gasteiger partial charge in [-0.15, -0.1) is 0 Å². The maximum atomic E-state index is 12.7. The molecule has 3 rings (SSSR count). The number of benzene rings is 2. The molecule has 138 valence electrons. The number of carbonyl (C=O) groups excluding carboxylic acids is 1. The number of nitrogens with zero attached hydrogens (tertiary/aromatic N) is 1. The van der Waals surface area contributed by atoms with Crippen LogP contribution in [0.1, 0.15) is 23.2 Å². The molecule has 1 N–H and O–H groups in total. The molecule has 0 atom stereocenters. The van der Waals surface area contributed by atoms with Crippen LogP contribution in [0.25, 0.3) is 0 Å². The largest absolute Gasteiger partial charge is 0.496 e. The maximum absolute atomic E-state index is 12.7. The molecule has 8 heteroatoms. The van der Waals surface area contributed by atoms with Crippen LogP contribution in [0.3, 0.4) is 0 Å². The first-order valence-corrected chi connectivity index (χ1v) is 9.99. The Morgan fingerprint density at radius 1 is 1.15 bits per heavy atom. The maximum Gasteiger partial charge on any atom is 0.259 e. The van der Waals surface area contributed by atoms with Crippen molar-refractivity contribution in [2.45, 2.75) is 17.7 Å². The van der Waals surface area contributed by atoms with Gasteiger partial charge in [0.25, 0.3) is 5.91 Å². The number of nitrogens with one attached hydrogen (secondary N) is 1. The average Bonchev–Trinajstić information content (AvgIpc) is 3.17. The van der Waals surface area contributed by atoms with E-state index in [1.54, 1.807) is 24.3 Å². The smallest absolute Gasteiger partial charge is 0.259 e. The van der Waals surface area contributed by atoms with E-state index in [-0.39, 0.29) is 10.5 Å².